The lowest BCUT2D eigenvalue weighted by Crippen LogP contribution is -2.20. The number of imide groups is 1. The number of carbonyl (C=O) groups is 2. The SMILES string of the molecule is CNc1c2c(c3ccccc3c1OCCOC)C(=O)NC2=O. The topological polar surface area (TPSA) is 76.7 Å². The number of methoxy groups -OCH3 is 1. The molecule has 0 unspecified atom stereocenters. The molecule has 0 aliphatic carbocycles. The fourth-order valence-corrected chi connectivity index (χ4v) is 2.71. The number of anilines is 1. The van der Waals surface area contributed by atoms with Gasteiger partial charge in [0.2, 0.25) is 0 Å². The monoisotopic (exact) mass is 300 g/mol. The summed E-state index contributed by atoms with van der Waals surface area (Å²) in [4.78, 5) is 24.2. The molecule has 0 atom stereocenters. The van der Waals surface area contributed by atoms with E-state index in [2.05, 4.69) is 10.6 Å². The third-order valence-electron chi connectivity index (χ3n) is 3.63. The number of rotatable bonds is 5. The van der Waals surface area contributed by atoms with E-state index < -0.39 is 5.91 Å². The minimum Gasteiger partial charge on any atom is -0.488 e. The highest BCUT2D eigenvalue weighted by atomic mass is 16.5. The molecule has 0 saturated heterocycles. The van der Waals surface area contributed by atoms with Crippen molar-refractivity contribution in [1.82, 2.24) is 5.32 Å². The predicted molar refractivity (Wildman–Crippen MR) is 82.7 cm³/mol. The Labute approximate surface area is 127 Å². The maximum Gasteiger partial charge on any atom is 0.261 e. The van der Waals surface area contributed by atoms with E-state index in [1.165, 1.54) is 0 Å². The maximum absolute atomic E-state index is 12.1. The third-order valence-corrected chi connectivity index (χ3v) is 3.63. The van der Waals surface area contributed by atoms with Crippen molar-refractivity contribution in [2.45, 2.75) is 0 Å². The highest BCUT2D eigenvalue weighted by molar-refractivity contribution is 6.30. The van der Waals surface area contributed by atoms with Gasteiger partial charge in [0.05, 0.1) is 23.4 Å². The van der Waals surface area contributed by atoms with E-state index in [-0.39, 0.29) is 5.91 Å². The molecule has 1 aliphatic rings. The van der Waals surface area contributed by atoms with E-state index in [1.807, 2.05) is 24.3 Å². The molecule has 114 valence electrons. The van der Waals surface area contributed by atoms with Crippen molar-refractivity contribution in [3.63, 3.8) is 0 Å². The summed E-state index contributed by atoms with van der Waals surface area (Å²) < 4.78 is 10.8. The smallest absolute Gasteiger partial charge is 0.261 e. The second-order valence-corrected chi connectivity index (χ2v) is 4.87. The standard InChI is InChI=1S/C16H16N2O4/c1-17-13-12-11(15(19)18-16(12)20)9-5-3-4-6-10(9)14(13)22-8-7-21-2/h3-6,17H,7-8H2,1-2H3,(H,18,19,20). The first kappa shape index (κ1) is 14.3. The number of nitrogens with one attached hydrogen (secondary N) is 2. The number of fused-ring (bicyclic) bond motifs is 3. The van der Waals surface area contributed by atoms with Crippen LogP contribution < -0.4 is 15.4 Å². The van der Waals surface area contributed by atoms with Crippen molar-refractivity contribution in [1.29, 1.82) is 0 Å². The lowest BCUT2D eigenvalue weighted by atomic mass is 9.97. The molecule has 0 saturated carbocycles. The highest BCUT2D eigenvalue weighted by Gasteiger charge is 2.34. The zero-order valence-electron chi connectivity index (χ0n) is 12.4. The molecule has 1 aliphatic heterocycles. The summed E-state index contributed by atoms with van der Waals surface area (Å²) in [6.07, 6.45) is 0. The van der Waals surface area contributed by atoms with Crippen LogP contribution in [0.2, 0.25) is 0 Å². The molecule has 0 aromatic heterocycles. The first-order valence-corrected chi connectivity index (χ1v) is 6.93. The Balaban J connectivity index is 2.29. The molecule has 2 aromatic carbocycles. The minimum absolute atomic E-state index is 0.332. The highest BCUT2D eigenvalue weighted by Crippen LogP contribution is 2.41. The van der Waals surface area contributed by atoms with Crippen LogP contribution in [0.1, 0.15) is 20.7 Å². The van der Waals surface area contributed by atoms with Gasteiger partial charge >= 0.3 is 0 Å². The van der Waals surface area contributed by atoms with Gasteiger partial charge in [-0.3, -0.25) is 14.9 Å². The molecule has 0 radical (unpaired) electrons. The van der Waals surface area contributed by atoms with Crippen molar-refractivity contribution >= 4 is 28.3 Å². The van der Waals surface area contributed by atoms with Crippen LogP contribution >= 0.6 is 0 Å². The molecule has 2 aromatic rings. The summed E-state index contributed by atoms with van der Waals surface area (Å²) in [5.74, 6) is -0.235. The summed E-state index contributed by atoms with van der Waals surface area (Å²) in [5.41, 5.74) is 1.25. The van der Waals surface area contributed by atoms with Gasteiger partial charge in [-0.1, -0.05) is 24.3 Å². The van der Waals surface area contributed by atoms with Gasteiger partial charge in [-0.25, -0.2) is 0 Å². The van der Waals surface area contributed by atoms with E-state index >= 15 is 0 Å². The van der Waals surface area contributed by atoms with Crippen LogP contribution in [0.4, 0.5) is 5.69 Å². The first-order chi connectivity index (χ1) is 10.7. The molecule has 6 heteroatoms. The number of hydrogen-bond donors (Lipinski definition) is 2. The Hall–Kier alpha value is -2.60. The fraction of sp³-hybridized carbons (Fsp3) is 0.250. The van der Waals surface area contributed by atoms with Gasteiger partial charge in [-0.2, -0.15) is 0 Å². The molecule has 6 nitrogen and oxygen atoms in total. The second-order valence-electron chi connectivity index (χ2n) is 4.87. The summed E-state index contributed by atoms with van der Waals surface area (Å²) in [6, 6.07) is 7.38. The van der Waals surface area contributed by atoms with Crippen molar-refractivity contribution < 1.29 is 19.1 Å². The van der Waals surface area contributed by atoms with Crippen molar-refractivity contribution in [2.24, 2.45) is 0 Å². The molecule has 22 heavy (non-hydrogen) atoms. The first-order valence-electron chi connectivity index (χ1n) is 6.93. The van der Waals surface area contributed by atoms with Crippen molar-refractivity contribution in [3.8, 4) is 5.75 Å². The molecular weight excluding hydrogens is 284 g/mol. The molecule has 3 rings (SSSR count). The summed E-state index contributed by atoms with van der Waals surface area (Å²) in [6.45, 7) is 0.781. The van der Waals surface area contributed by atoms with Crippen molar-refractivity contribution in [3.05, 3.63) is 35.4 Å². The van der Waals surface area contributed by atoms with Crippen LogP contribution in [0.25, 0.3) is 10.8 Å². The Kier molecular flexibility index (Phi) is 3.68. The van der Waals surface area contributed by atoms with E-state index in [9.17, 15) is 9.59 Å². The van der Waals surface area contributed by atoms with E-state index in [0.717, 1.165) is 5.39 Å². The number of benzene rings is 2. The predicted octanol–water partition coefficient (Wildman–Crippen LogP) is 1.79. The number of amides is 2. The van der Waals surface area contributed by atoms with E-state index in [1.54, 1.807) is 14.2 Å². The lowest BCUT2D eigenvalue weighted by molar-refractivity contribution is 0.0880. The lowest BCUT2D eigenvalue weighted by Gasteiger charge is -2.17. The normalized spacial score (nSPS) is 13.2. The number of carbonyl (C=O) groups excluding carboxylic acids is 2. The average Bonchev–Trinajstić information content (AvgIpc) is 2.82. The summed E-state index contributed by atoms with van der Waals surface area (Å²) in [7, 11) is 3.29. The van der Waals surface area contributed by atoms with Crippen LogP contribution in [0.5, 0.6) is 5.75 Å². The number of ether oxygens (including phenoxy) is 2. The summed E-state index contributed by atoms with van der Waals surface area (Å²) in [5, 5.41) is 6.82. The average molecular weight is 300 g/mol. The van der Waals surface area contributed by atoms with Crippen LogP contribution in [-0.4, -0.2) is 39.2 Å². The van der Waals surface area contributed by atoms with Crippen LogP contribution in [-0.2, 0) is 4.74 Å². The van der Waals surface area contributed by atoms with Gasteiger partial charge in [0.15, 0.2) is 5.75 Å². The maximum atomic E-state index is 12.1. The largest absolute Gasteiger partial charge is 0.488 e. The zero-order chi connectivity index (χ0) is 15.7. The Morgan fingerprint density at radius 2 is 1.73 bits per heavy atom. The molecular formula is C16H16N2O4. The fourth-order valence-electron chi connectivity index (χ4n) is 2.71. The Morgan fingerprint density at radius 1 is 1.05 bits per heavy atom. The third kappa shape index (κ3) is 2.08. The van der Waals surface area contributed by atoms with Gasteiger partial charge in [-0.15, -0.1) is 0 Å². The quantitative estimate of drug-likeness (QED) is 0.650. The van der Waals surface area contributed by atoms with Crippen LogP contribution in [0.3, 0.4) is 0 Å². The summed E-state index contributed by atoms with van der Waals surface area (Å²) >= 11 is 0. The van der Waals surface area contributed by atoms with Crippen LogP contribution in [0, 0.1) is 0 Å². The Morgan fingerprint density at radius 3 is 2.41 bits per heavy atom. The van der Waals surface area contributed by atoms with Crippen molar-refractivity contribution in [2.75, 3.05) is 32.7 Å². The molecule has 1 heterocycles. The van der Waals surface area contributed by atoms with Gasteiger partial charge in [0.25, 0.3) is 11.8 Å². The van der Waals surface area contributed by atoms with Gasteiger partial charge in [0.1, 0.15) is 6.61 Å². The van der Waals surface area contributed by atoms with E-state index in [0.29, 0.717) is 41.2 Å². The molecule has 0 fully saturated rings. The zero-order valence-corrected chi connectivity index (χ0v) is 12.4. The van der Waals surface area contributed by atoms with E-state index in [4.69, 9.17) is 9.47 Å². The molecule has 2 N–H and O–H groups in total. The number of hydrogen-bond acceptors (Lipinski definition) is 5. The van der Waals surface area contributed by atoms with Gasteiger partial charge < -0.3 is 14.8 Å². The van der Waals surface area contributed by atoms with Gasteiger partial charge in [0, 0.05) is 19.5 Å². The molecule has 0 bridgehead atoms. The molecule has 2 amide bonds. The van der Waals surface area contributed by atoms with Crippen LogP contribution in [0.15, 0.2) is 24.3 Å². The molecule has 0 spiro atoms. The Bertz CT molecular complexity index is 770. The van der Waals surface area contributed by atoms with Gasteiger partial charge in [-0.05, 0) is 5.39 Å². The second kappa shape index (κ2) is 5.65. The minimum atomic E-state index is -0.410.